The Labute approximate surface area is 124 Å². The van der Waals surface area contributed by atoms with Crippen LogP contribution in [0.5, 0.6) is 0 Å². The average Bonchev–Trinajstić information content (AvgIpc) is 3.09. The molecule has 1 aromatic heterocycles. The fraction of sp³-hybridized carbons (Fsp3) is 0.562. The van der Waals surface area contributed by atoms with Crippen molar-refractivity contribution in [3.05, 3.63) is 21.9 Å². The molecule has 108 valence electrons. The first-order chi connectivity index (χ1) is 9.70. The normalized spacial score (nSPS) is 14.9. The molecule has 0 saturated heterocycles. The van der Waals surface area contributed by atoms with Gasteiger partial charge in [0.1, 0.15) is 0 Å². The number of carbonyl (C=O) groups excluding carboxylic acids is 1. The highest BCUT2D eigenvalue weighted by Gasteiger charge is 2.25. The van der Waals surface area contributed by atoms with Gasteiger partial charge in [0.15, 0.2) is 0 Å². The monoisotopic (exact) mass is 291 g/mol. The van der Waals surface area contributed by atoms with E-state index < -0.39 is 0 Å². The zero-order valence-corrected chi connectivity index (χ0v) is 12.7. The van der Waals surface area contributed by atoms with Gasteiger partial charge in [-0.25, -0.2) is 0 Å². The summed E-state index contributed by atoms with van der Waals surface area (Å²) in [4.78, 5) is 15.2. The topological polar surface area (TPSA) is 40.5 Å². The van der Waals surface area contributed by atoms with Crippen LogP contribution >= 0.6 is 11.3 Å². The van der Waals surface area contributed by atoms with Gasteiger partial charge in [0, 0.05) is 35.2 Å². The Bertz CT molecular complexity index is 506. The standard InChI is InChI=1S/C16H21NO2S/c1-17(16(19)14-7-2-3-8-14)11-15-10-13(12-20-15)6-4-5-9-18/h10,12,14,18H,2-3,5,7-9,11H2,1H3. The summed E-state index contributed by atoms with van der Waals surface area (Å²) in [7, 11) is 1.89. The van der Waals surface area contributed by atoms with Crippen LogP contribution in [0, 0.1) is 17.8 Å². The molecule has 1 aromatic rings. The molecule has 0 radical (unpaired) electrons. The van der Waals surface area contributed by atoms with Crippen LogP contribution in [-0.2, 0) is 11.3 Å². The number of rotatable bonds is 4. The van der Waals surface area contributed by atoms with Crippen LogP contribution in [0.4, 0.5) is 0 Å². The molecular weight excluding hydrogens is 270 g/mol. The van der Waals surface area contributed by atoms with Crippen molar-refractivity contribution >= 4 is 17.2 Å². The van der Waals surface area contributed by atoms with Crippen molar-refractivity contribution in [1.82, 2.24) is 4.90 Å². The van der Waals surface area contributed by atoms with Crippen LogP contribution in [0.1, 0.15) is 42.5 Å². The lowest BCUT2D eigenvalue weighted by Gasteiger charge is -2.20. The van der Waals surface area contributed by atoms with Gasteiger partial charge >= 0.3 is 0 Å². The van der Waals surface area contributed by atoms with Crippen molar-refractivity contribution in [3.8, 4) is 11.8 Å². The van der Waals surface area contributed by atoms with Crippen molar-refractivity contribution in [2.75, 3.05) is 13.7 Å². The second-order valence-corrected chi connectivity index (χ2v) is 6.25. The molecule has 1 amide bonds. The maximum absolute atomic E-state index is 12.2. The number of hydrogen-bond donors (Lipinski definition) is 1. The summed E-state index contributed by atoms with van der Waals surface area (Å²) in [5.41, 5.74) is 0.972. The number of aliphatic hydroxyl groups is 1. The molecule has 1 heterocycles. The third-order valence-electron chi connectivity index (χ3n) is 3.60. The van der Waals surface area contributed by atoms with Gasteiger partial charge in [-0.15, -0.1) is 11.3 Å². The predicted molar refractivity (Wildman–Crippen MR) is 81.3 cm³/mol. The second-order valence-electron chi connectivity index (χ2n) is 5.25. The highest BCUT2D eigenvalue weighted by molar-refractivity contribution is 7.10. The number of amides is 1. The van der Waals surface area contributed by atoms with Crippen LogP contribution in [0.2, 0.25) is 0 Å². The minimum atomic E-state index is 0.0998. The SMILES string of the molecule is CN(Cc1cc(C#CCCO)cs1)C(=O)C1CCCC1. The summed E-state index contributed by atoms with van der Waals surface area (Å²) < 4.78 is 0. The number of carbonyl (C=O) groups is 1. The summed E-state index contributed by atoms with van der Waals surface area (Å²) in [6, 6.07) is 2.04. The Hall–Kier alpha value is -1.31. The van der Waals surface area contributed by atoms with E-state index in [1.54, 1.807) is 11.3 Å². The Morgan fingerprint density at radius 1 is 1.50 bits per heavy atom. The van der Waals surface area contributed by atoms with Gasteiger partial charge in [-0.3, -0.25) is 4.79 Å². The van der Waals surface area contributed by atoms with Gasteiger partial charge in [-0.1, -0.05) is 24.7 Å². The summed E-state index contributed by atoms with van der Waals surface area (Å²) in [6.07, 6.45) is 4.98. The highest BCUT2D eigenvalue weighted by atomic mass is 32.1. The summed E-state index contributed by atoms with van der Waals surface area (Å²) in [6.45, 7) is 0.768. The molecule has 20 heavy (non-hydrogen) atoms. The Morgan fingerprint density at radius 3 is 2.95 bits per heavy atom. The van der Waals surface area contributed by atoms with Crippen LogP contribution in [0.3, 0.4) is 0 Å². The van der Waals surface area contributed by atoms with Crippen LogP contribution in [0.25, 0.3) is 0 Å². The number of thiophene rings is 1. The van der Waals surface area contributed by atoms with E-state index in [4.69, 9.17) is 5.11 Å². The lowest BCUT2D eigenvalue weighted by atomic mass is 10.1. The van der Waals surface area contributed by atoms with Crippen LogP contribution in [-0.4, -0.2) is 29.6 Å². The fourth-order valence-electron chi connectivity index (χ4n) is 2.55. The van der Waals surface area contributed by atoms with E-state index in [0.717, 1.165) is 23.3 Å². The number of nitrogens with zero attached hydrogens (tertiary/aromatic N) is 1. The van der Waals surface area contributed by atoms with Gasteiger partial charge in [0.25, 0.3) is 0 Å². The first-order valence-electron chi connectivity index (χ1n) is 7.13. The van der Waals surface area contributed by atoms with Gasteiger partial charge in [-0.2, -0.15) is 0 Å². The molecule has 1 aliphatic carbocycles. The largest absolute Gasteiger partial charge is 0.395 e. The zero-order valence-electron chi connectivity index (χ0n) is 11.9. The molecule has 4 heteroatoms. The Kier molecular flexibility index (Phi) is 5.63. The lowest BCUT2D eigenvalue weighted by molar-refractivity contribution is -0.134. The fourth-order valence-corrected chi connectivity index (χ4v) is 3.41. The van der Waals surface area contributed by atoms with Gasteiger partial charge in [0.05, 0.1) is 13.2 Å². The molecule has 0 bridgehead atoms. The molecule has 3 nitrogen and oxygen atoms in total. The molecule has 0 aromatic carbocycles. The van der Waals surface area contributed by atoms with Gasteiger partial charge in [0.2, 0.25) is 5.91 Å². The molecular formula is C16H21NO2S. The van der Waals surface area contributed by atoms with Gasteiger partial charge in [-0.05, 0) is 18.9 Å². The van der Waals surface area contributed by atoms with Crippen molar-refractivity contribution in [3.63, 3.8) is 0 Å². The molecule has 0 unspecified atom stereocenters. The van der Waals surface area contributed by atoms with E-state index in [-0.39, 0.29) is 18.4 Å². The van der Waals surface area contributed by atoms with E-state index >= 15 is 0 Å². The van der Waals surface area contributed by atoms with E-state index in [9.17, 15) is 4.79 Å². The lowest BCUT2D eigenvalue weighted by Crippen LogP contribution is -2.31. The number of hydrogen-bond acceptors (Lipinski definition) is 3. The van der Waals surface area contributed by atoms with E-state index in [2.05, 4.69) is 11.8 Å². The molecule has 0 spiro atoms. The maximum atomic E-state index is 12.2. The van der Waals surface area contributed by atoms with Crippen molar-refractivity contribution in [2.24, 2.45) is 5.92 Å². The minimum Gasteiger partial charge on any atom is -0.395 e. The van der Waals surface area contributed by atoms with E-state index in [0.29, 0.717) is 13.0 Å². The molecule has 1 aliphatic rings. The predicted octanol–water partition coefficient (Wildman–Crippen LogP) is 2.63. The van der Waals surface area contributed by atoms with Crippen molar-refractivity contribution in [1.29, 1.82) is 0 Å². The summed E-state index contributed by atoms with van der Waals surface area (Å²) in [5.74, 6) is 6.45. The Morgan fingerprint density at radius 2 is 2.25 bits per heavy atom. The first-order valence-corrected chi connectivity index (χ1v) is 8.01. The molecule has 2 rings (SSSR count). The minimum absolute atomic E-state index is 0.0998. The molecule has 1 fully saturated rings. The molecule has 1 N–H and O–H groups in total. The number of aliphatic hydroxyl groups excluding tert-OH is 1. The molecule has 0 atom stereocenters. The quantitative estimate of drug-likeness (QED) is 0.866. The van der Waals surface area contributed by atoms with Crippen LogP contribution < -0.4 is 0 Å². The third kappa shape index (κ3) is 4.09. The summed E-state index contributed by atoms with van der Waals surface area (Å²) in [5, 5.41) is 10.7. The third-order valence-corrected chi connectivity index (χ3v) is 4.52. The smallest absolute Gasteiger partial charge is 0.225 e. The Balaban J connectivity index is 1.89. The van der Waals surface area contributed by atoms with E-state index in [1.807, 2.05) is 23.4 Å². The zero-order chi connectivity index (χ0) is 14.4. The first kappa shape index (κ1) is 15.1. The molecule has 1 saturated carbocycles. The van der Waals surface area contributed by atoms with E-state index in [1.165, 1.54) is 12.8 Å². The van der Waals surface area contributed by atoms with Crippen molar-refractivity contribution < 1.29 is 9.90 Å². The average molecular weight is 291 g/mol. The summed E-state index contributed by atoms with van der Waals surface area (Å²) >= 11 is 1.64. The second kappa shape index (κ2) is 7.47. The van der Waals surface area contributed by atoms with Crippen molar-refractivity contribution in [2.45, 2.75) is 38.6 Å². The maximum Gasteiger partial charge on any atom is 0.225 e. The van der Waals surface area contributed by atoms with Crippen LogP contribution in [0.15, 0.2) is 11.4 Å². The van der Waals surface area contributed by atoms with Gasteiger partial charge < -0.3 is 10.0 Å². The molecule has 0 aliphatic heterocycles. The highest BCUT2D eigenvalue weighted by Crippen LogP contribution is 2.27.